The third-order valence-electron chi connectivity index (χ3n) is 0.839. The molecule has 0 aromatic heterocycles. The summed E-state index contributed by atoms with van der Waals surface area (Å²) in [6, 6.07) is 0. The zero-order chi connectivity index (χ0) is 5.28. The Bertz CT molecular complexity index is 91.7. The van der Waals surface area contributed by atoms with Crippen molar-refractivity contribution < 1.29 is 9.84 Å². The number of hydrogen-bond donors (Lipinski definition) is 1. The Morgan fingerprint density at radius 1 is 1.86 bits per heavy atom. The van der Waals surface area contributed by atoms with Gasteiger partial charge in [-0.05, 0) is 12.2 Å². The summed E-state index contributed by atoms with van der Waals surface area (Å²) < 4.78 is 4.75. The first-order chi connectivity index (χ1) is 3.29. The summed E-state index contributed by atoms with van der Waals surface area (Å²) in [7, 11) is 0. The van der Waals surface area contributed by atoms with Crippen LogP contribution in [0.1, 0.15) is 6.42 Å². The molecule has 0 saturated carbocycles. The number of hydrogen-bond acceptors (Lipinski definition) is 3. The van der Waals surface area contributed by atoms with Crippen LogP contribution in [-0.2, 0) is 4.74 Å². The molecule has 0 aromatic rings. The summed E-state index contributed by atoms with van der Waals surface area (Å²) in [6.45, 7) is 0.388. The Morgan fingerprint density at radius 3 is 2.71 bits per heavy atom. The van der Waals surface area contributed by atoms with Crippen molar-refractivity contribution in [1.29, 1.82) is 0 Å². The van der Waals surface area contributed by atoms with E-state index in [1.54, 1.807) is 0 Å². The number of ether oxygens (including phenoxy) is 1. The van der Waals surface area contributed by atoms with Gasteiger partial charge in [-0.25, -0.2) is 0 Å². The van der Waals surface area contributed by atoms with Crippen LogP contribution in [0.4, 0.5) is 0 Å². The van der Waals surface area contributed by atoms with Crippen LogP contribution in [0.25, 0.3) is 0 Å². The van der Waals surface area contributed by atoms with Gasteiger partial charge in [0.05, 0.1) is 6.10 Å². The van der Waals surface area contributed by atoms with Crippen molar-refractivity contribution in [3.8, 4) is 0 Å². The Morgan fingerprint density at radius 2 is 2.57 bits per heavy atom. The molecular weight excluding hydrogens is 112 g/mol. The van der Waals surface area contributed by atoms with Gasteiger partial charge in [-0.3, -0.25) is 0 Å². The van der Waals surface area contributed by atoms with Crippen LogP contribution in [0.15, 0.2) is 0 Å². The van der Waals surface area contributed by atoms with Gasteiger partial charge in [0.1, 0.15) is 6.61 Å². The van der Waals surface area contributed by atoms with Crippen molar-refractivity contribution in [3.63, 3.8) is 0 Å². The Labute approximate surface area is 47.1 Å². The van der Waals surface area contributed by atoms with Gasteiger partial charge < -0.3 is 9.84 Å². The lowest BCUT2D eigenvalue weighted by atomic mass is 10.3. The molecule has 1 heterocycles. The second-order valence-corrected chi connectivity index (χ2v) is 2.00. The molecule has 0 amide bonds. The van der Waals surface area contributed by atoms with Gasteiger partial charge in [0.2, 0.25) is 0 Å². The van der Waals surface area contributed by atoms with E-state index in [-0.39, 0.29) is 6.10 Å². The summed E-state index contributed by atoms with van der Waals surface area (Å²) in [6.07, 6.45) is 0.197. The van der Waals surface area contributed by atoms with E-state index in [4.69, 9.17) is 9.84 Å². The van der Waals surface area contributed by atoms with E-state index in [9.17, 15) is 0 Å². The summed E-state index contributed by atoms with van der Waals surface area (Å²) in [5.41, 5.74) is 0. The predicted molar refractivity (Wildman–Crippen MR) is 29.2 cm³/mol. The van der Waals surface area contributed by atoms with Gasteiger partial charge >= 0.3 is 0 Å². The molecule has 40 valence electrons. The van der Waals surface area contributed by atoms with Gasteiger partial charge in [-0.1, -0.05) is 0 Å². The van der Waals surface area contributed by atoms with Crippen molar-refractivity contribution in [3.05, 3.63) is 0 Å². The molecule has 0 spiro atoms. The third kappa shape index (κ3) is 1.11. The molecule has 0 aromatic carbocycles. The average Bonchev–Trinajstić information content (AvgIpc) is 1.87. The summed E-state index contributed by atoms with van der Waals surface area (Å²) in [5, 5.41) is 9.22. The molecule has 1 rings (SSSR count). The van der Waals surface area contributed by atoms with Gasteiger partial charge in [-0.2, -0.15) is 0 Å². The minimum absolute atomic E-state index is 0.340. The zero-order valence-electron chi connectivity index (χ0n) is 3.76. The highest BCUT2D eigenvalue weighted by Gasteiger charge is 2.16. The van der Waals surface area contributed by atoms with Crippen LogP contribution in [0.3, 0.4) is 0 Å². The van der Waals surface area contributed by atoms with E-state index in [2.05, 4.69) is 12.2 Å². The van der Waals surface area contributed by atoms with Crippen molar-refractivity contribution in [1.82, 2.24) is 0 Å². The highest BCUT2D eigenvalue weighted by atomic mass is 32.1. The van der Waals surface area contributed by atoms with E-state index in [1.807, 2.05) is 0 Å². The third-order valence-corrected chi connectivity index (χ3v) is 1.12. The highest BCUT2D eigenvalue weighted by molar-refractivity contribution is 7.80. The Hall–Kier alpha value is -0.150. The van der Waals surface area contributed by atoms with Gasteiger partial charge in [0, 0.05) is 6.42 Å². The summed E-state index contributed by atoms with van der Waals surface area (Å²) in [4.78, 5) is 0. The lowest BCUT2D eigenvalue weighted by Gasteiger charge is -1.88. The van der Waals surface area contributed by atoms with Crippen LogP contribution >= 0.6 is 12.2 Å². The van der Waals surface area contributed by atoms with Crippen LogP contribution in [-0.4, -0.2) is 22.9 Å². The average molecular weight is 118 g/mol. The monoisotopic (exact) mass is 118 g/mol. The largest absolute Gasteiger partial charge is 0.484 e. The fourth-order valence-electron chi connectivity index (χ4n) is 0.499. The first-order valence-corrected chi connectivity index (χ1v) is 2.53. The number of thiocarbonyl (C=S) groups is 1. The van der Waals surface area contributed by atoms with E-state index >= 15 is 0 Å². The lowest BCUT2D eigenvalue weighted by Crippen LogP contribution is -2.02. The smallest absolute Gasteiger partial charge is 0.162 e. The zero-order valence-corrected chi connectivity index (χ0v) is 4.57. The van der Waals surface area contributed by atoms with Crippen molar-refractivity contribution in [2.45, 2.75) is 12.5 Å². The second kappa shape index (κ2) is 1.76. The SMILES string of the molecule is OC1COC(=S)C1. The molecule has 1 N–H and O–H groups in total. The van der Waals surface area contributed by atoms with Crippen LogP contribution in [0.2, 0.25) is 0 Å². The molecule has 1 aliphatic heterocycles. The molecule has 1 unspecified atom stereocenters. The Balaban J connectivity index is 2.40. The van der Waals surface area contributed by atoms with Gasteiger partial charge in [0.25, 0.3) is 0 Å². The highest BCUT2D eigenvalue weighted by Crippen LogP contribution is 2.05. The maximum absolute atomic E-state index is 8.69. The van der Waals surface area contributed by atoms with Crippen LogP contribution in [0, 0.1) is 0 Å². The number of aliphatic hydroxyl groups is 1. The molecule has 7 heavy (non-hydrogen) atoms. The quantitative estimate of drug-likeness (QED) is 0.457. The van der Waals surface area contributed by atoms with E-state index < -0.39 is 0 Å². The second-order valence-electron chi connectivity index (χ2n) is 1.54. The molecule has 0 aliphatic carbocycles. The van der Waals surface area contributed by atoms with E-state index in [0.29, 0.717) is 18.1 Å². The topological polar surface area (TPSA) is 29.5 Å². The molecule has 1 fully saturated rings. The molecule has 0 radical (unpaired) electrons. The number of aliphatic hydroxyl groups excluding tert-OH is 1. The molecular formula is C4H6O2S. The molecule has 3 heteroatoms. The fraction of sp³-hybridized carbons (Fsp3) is 0.750. The maximum atomic E-state index is 8.69. The Kier molecular flexibility index (Phi) is 1.25. The van der Waals surface area contributed by atoms with Gasteiger partial charge in [-0.15, -0.1) is 0 Å². The fourth-order valence-corrected chi connectivity index (χ4v) is 0.760. The molecule has 0 bridgehead atoms. The molecule has 1 aliphatic rings. The normalized spacial score (nSPS) is 30.4. The van der Waals surface area contributed by atoms with Crippen molar-refractivity contribution in [2.75, 3.05) is 6.61 Å². The predicted octanol–water partition coefficient (Wildman–Crippen LogP) is 0.0950. The molecule has 2 nitrogen and oxygen atoms in total. The van der Waals surface area contributed by atoms with Crippen molar-refractivity contribution in [2.24, 2.45) is 0 Å². The van der Waals surface area contributed by atoms with E-state index in [0.717, 1.165) is 0 Å². The minimum Gasteiger partial charge on any atom is -0.484 e. The van der Waals surface area contributed by atoms with Crippen LogP contribution in [0.5, 0.6) is 0 Å². The maximum Gasteiger partial charge on any atom is 0.162 e. The van der Waals surface area contributed by atoms with Crippen molar-refractivity contribution >= 4 is 17.3 Å². The number of rotatable bonds is 0. The summed E-state index contributed by atoms with van der Waals surface area (Å²) >= 11 is 4.61. The standard InChI is InChI=1S/C4H6O2S/c5-3-1-4(7)6-2-3/h3,5H,1-2H2. The van der Waals surface area contributed by atoms with Gasteiger partial charge in [0.15, 0.2) is 5.05 Å². The van der Waals surface area contributed by atoms with E-state index in [1.165, 1.54) is 0 Å². The lowest BCUT2D eigenvalue weighted by molar-refractivity contribution is 0.149. The molecule has 1 saturated heterocycles. The first kappa shape index (κ1) is 5.00. The van der Waals surface area contributed by atoms with Crippen LogP contribution < -0.4 is 0 Å². The minimum atomic E-state index is -0.340. The first-order valence-electron chi connectivity index (χ1n) is 2.13. The molecule has 1 atom stereocenters. The summed E-state index contributed by atoms with van der Waals surface area (Å²) in [5.74, 6) is 0.